The number of hydrogen-bond acceptors (Lipinski definition) is 12. The minimum Gasteiger partial charge on any atom is -1.00 e. The van der Waals surface area contributed by atoms with Gasteiger partial charge in [-0.15, -0.1) is 0 Å². The molecule has 12 nitrogen and oxygen atoms in total. The first-order valence-electron chi connectivity index (χ1n) is 18.6. The second-order valence-corrected chi connectivity index (χ2v) is 16.2. The molecule has 0 heterocycles. The van der Waals surface area contributed by atoms with Crippen LogP contribution in [0.1, 0.15) is 54.1 Å². The zero-order valence-corrected chi connectivity index (χ0v) is 40.1. The number of carbonyl (C=O) groups is 3. The first kappa shape index (κ1) is 53.8. The Labute approximate surface area is 391 Å². The molecule has 0 aliphatic carbocycles. The molecule has 324 valence electrons. The van der Waals surface area contributed by atoms with Crippen molar-refractivity contribution < 1.29 is 88.7 Å². The van der Waals surface area contributed by atoms with E-state index in [1.165, 1.54) is 33.5 Å². The van der Waals surface area contributed by atoms with E-state index in [1.54, 1.807) is 90.1 Å². The number of carbonyl (C=O) groups excluding carboxylic acids is 3. The van der Waals surface area contributed by atoms with Gasteiger partial charge in [-0.2, -0.15) is 0 Å². The van der Waals surface area contributed by atoms with Crippen LogP contribution in [0.5, 0.6) is 34.5 Å². The standard InChI is InChI=1S/C18H20O4.C13H12O2.C11H14O4.C5H9BrO2.Na.H/c1-18(2,17(19)20-3)22-16-11-9-15(10-12-16)21-13-14-7-5-4-6-8-14;14-12-6-8-13(9-7-12)15-10-11-4-2-1-3-5-11;1-11(2,10(13)14-3)15-9-6-4-8(12)5-7-9;1-5(2,6)4(7)8-3;;/h4-12H,13H2,1-3H3;1-9,14H,10H2;4-7,12H,1-3H3;1-3H3;;/q;;;;+1;-1. The van der Waals surface area contributed by atoms with Crippen molar-refractivity contribution in [3.63, 3.8) is 0 Å². The molecule has 0 atom stereocenters. The molecule has 0 aromatic heterocycles. The van der Waals surface area contributed by atoms with Crippen molar-refractivity contribution in [3.8, 4) is 34.5 Å². The van der Waals surface area contributed by atoms with Crippen LogP contribution in [0.15, 0.2) is 133 Å². The SMILES string of the molecule is COC(=O)C(C)(C)Br.COC(=O)C(C)(C)Oc1ccc(O)cc1.COC(=O)C(C)(C)Oc1ccc(OCc2ccccc2)cc1.Oc1ccc(OCc2ccccc2)cc1.[H-].[Na+]. The Morgan fingerprint density at radius 3 is 1.03 bits per heavy atom. The van der Waals surface area contributed by atoms with Gasteiger partial charge < -0.3 is 44.8 Å². The van der Waals surface area contributed by atoms with E-state index in [0.717, 1.165) is 22.6 Å². The Morgan fingerprint density at radius 2 is 0.754 bits per heavy atom. The normalized spacial score (nSPS) is 10.5. The zero-order chi connectivity index (χ0) is 44.8. The molecule has 0 saturated carbocycles. The molecule has 5 aromatic carbocycles. The molecule has 0 saturated heterocycles. The molecule has 0 radical (unpaired) electrons. The van der Waals surface area contributed by atoms with Crippen LogP contribution in [-0.4, -0.2) is 65.0 Å². The summed E-state index contributed by atoms with van der Waals surface area (Å²) < 4.78 is 35.5. The molecule has 0 amide bonds. The van der Waals surface area contributed by atoms with Gasteiger partial charge in [0.1, 0.15) is 52.0 Å². The second-order valence-electron chi connectivity index (χ2n) is 14.2. The number of hydrogen-bond donors (Lipinski definition) is 2. The molecular formula is C47H56BrNaO12. The molecule has 14 heteroatoms. The predicted octanol–water partition coefficient (Wildman–Crippen LogP) is 6.74. The van der Waals surface area contributed by atoms with E-state index in [4.69, 9.17) is 33.9 Å². The molecule has 61 heavy (non-hydrogen) atoms. The fraction of sp³-hybridized carbons (Fsp3) is 0.298. The predicted molar refractivity (Wildman–Crippen MR) is 234 cm³/mol. The van der Waals surface area contributed by atoms with Gasteiger partial charge in [-0.05, 0) is 125 Å². The number of methoxy groups -OCH3 is 3. The average Bonchev–Trinajstić information content (AvgIpc) is 3.24. The number of phenolic OH excluding ortho intramolecular Hbond substituents is 2. The van der Waals surface area contributed by atoms with Crippen LogP contribution in [0.2, 0.25) is 0 Å². The third kappa shape index (κ3) is 21.2. The largest absolute Gasteiger partial charge is 1.00 e. The summed E-state index contributed by atoms with van der Waals surface area (Å²) in [5.41, 5.74) is 0.174. The van der Waals surface area contributed by atoms with Gasteiger partial charge in [0.25, 0.3) is 0 Å². The van der Waals surface area contributed by atoms with Crippen molar-refractivity contribution in [2.45, 2.75) is 70.3 Å². The van der Waals surface area contributed by atoms with Crippen molar-refractivity contribution in [2.75, 3.05) is 21.3 Å². The molecule has 0 aliphatic rings. The van der Waals surface area contributed by atoms with Gasteiger partial charge in [0.2, 0.25) is 0 Å². The maximum Gasteiger partial charge on any atom is 1.00 e. The number of aromatic hydroxyl groups is 2. The monoisotopic (exact) mass is 914 g/mol. The minimum absolute atomic E-state index is 0. The molecule has 0 spiro atoms. The molecule has 5 aromatic rings. The summed E-state index contributed by atoms with van der Waals surface area (Å²) in [5, 5.41) is 18.1. The van der Waals surface area contributed by atoms with E-state index >= 15 is 0 Å². The Balaban J connectivity index is 0.000000832. The number of alkyl halides is 1. The summed E-state index contributed by atoms with van der Waals surface area (Å²) in [4.78, 5) is 33.5. The topological polar surface area (TPSA) is 156 Å². The van der Waals surface area contributed by atoms with E-state index < -0.39 is 27.5 Å². The third-order valence-electron chi connectivity index (χ3n) is 7.76. The smallest absolute Gasteiger partial charge is 1.00 e. The van der Waals surface area contributed by atoms with Gasteiger partial charge in [-0.25, -0.2) is 9.59 Å². The number of rotatable bonds is 13. The molecule has 0 unspecified atom stereocenters. The van der Waals surface area contributed by atoms with E-state index in [0.29, 0.717) is 24.7 Å². The minimum atomic E-state index is -1.04. The van der Waals surface area contributed by atoms with E-state index in [-0.39, 0.29) is 48.5 Å². The Morgan fingerprint density at radius 1 is 0.475 bits per heavy atom. The summed E-state index contributed by atoms with van der Waals surface area (Å²) in [7, 11) is 4.02. The van der Waals surface area contributed by atoms with E-state index in [1.807, 2.05) is 72.8 Å². The van der Waals surface area contributed by atoms with Crippen LogP contribution in [0, 0.1) is 0 Å². The van der Waals surface area contributed by atoms with Crippen molar-refractivity contribution in [1.29, 1.82) is 0 Å². The van der Waals surface area contributed by atoms with Crippen LogP contribution in [-0.2, 0) is 41.8 Å². The molecule has 2 N–H and O–H groups in total. The van der Waals surface area contributed by atoms with Gasteiger partial charge in [0, 0.05) is 0 Å². The fourth-order valence-corrected chi connectivity index (χ4v) is 4.71. The fourth-order valence-electron chi connectivity index (χ4n) is 4.55. The van der Waals surface area contributed by atoms with Gasteiger partial charge in [0.05, 0.1) is 21.3 Å². The van der Waals surface area contributed by atoms with Gasteiger partial charge in [0.15, 0.2) is 11.2 Å². The summed E-state index contributed by atoms with van der Waals surface area (Å²) in [5.74, 6) is 1.87. The number of ether oxygens (including phenoxy) is 7. The molecular weight excluding hydrogens is 859 g/mol. The quantitative estimate of drug-likeness (QED) is 0.0557. The maximum atomic E-state index is 11.6. The number of halogens is 1. The molecule has 5 rings (SSSR count). The molecule has 0 fully saturated rings. The molecule has 0 aliphatic heterocycles. The van der Waals surface area contributed by atoms with Crippen LogP contribution in [0.4, 0.5) is 0 Å². The van der Waals surface area contributed by atoms with E-state index in [9.17, 15) is 14.4 Å². The van der Waals surface area contributed by atoms with Gasteiger partial charge >= 0.3 is 47.5 Å². The van der Waals surface area contributed by atoms with Crippen LogP contribution >= 0.6 is 15.9 Å². The summed E-state index contributed by atoms with van der Waals surface area (Å²) in [6.45, 7) is 11.1. The van der Waals surface area contributed by atoms with Crippen molar-refractivity contribution in [1.82, 2.24) is 0 Å². The van der Waals surface area contributed by atoms with Gasteiger partial charge in [-0.3, -0.25) is 4.79 Å². The van der Waals surface area contributed by atoms with Crippen LogP contribution < -0.4 is 48.5 Å². The van der Waals surface area contributed by atoms with Crippen LogP contribution in [0.25, 0.3) is 0 Å². The first-order chi connectivity index (χ1) is 28.3. The first-order valence-corrected chi connectivity index (χ1v) is 19.4. The Kier molecular flexibility index (Phi) is 23.7. The second kappa shape index (κ2) is 26.9. The van der Waals surface area contributed by atoms with Crippen molar-refractivity contribution in [3.05, 3.63) is 145 Å². The number of esters is 3. The number of phenols is 2. The van der Waals surface area contributed by atoms with Crippen molar-refractivity contribution >= 4 is 33.8 Å². The van der Waals surface area contributed by atoms with E-state index in [2.05, 4.69) is 25.4 Å². The molecule has 0 bridgehead atoms. The van der Waals surface area contributed by atoms with Crippen molar-refractivity contribution in [2.24, 2.45) is 0 Å². The van der Waals surface area contributed by atoms with Gasteiger partial charge in [-0.1, -0.05) is 76.6 Å². The Hall–Kier alpha value is -5.21. The zero-order valence-electron chi connectivity index (χ0n) is 37.5. The summed E-state index contributed by atoms with van der Waals surface area (Å²) in [6.07, 6.45) is 0. The summed E-state index contributed by atoms with van der Waals surface area (Å²) >= 11 is 3.13. The van der Waals surface area contributed by atoms with Crippen LogP contribution in [0.3, 0.4) is 0 Å². The summed E-state index contributed by atoms with van der Waals surface area (Å²) in [6, 6.07) is 39.9. The average molecular weight is 916 g/mol. The Bertz CT molecular complexity index is 2010. The third-order valence-corrected chi connectivity index (χ3v) is 8.09. The maximum absolute atomic E-state index is 11.6. The number of benzene rings is 5.